The summed E-state index contributed by atoms with van der Waals surface area (Å²) < 4.78 is 17.3. The SMILES string of the molecule is CCOc1ccc(C2C3=C(OC4CCCCC4C3=O)C(=O)N2CCN2CCOCC2)cc1. The summed E-state index contributed by atoms with van der Waals surface area (Å²) in [5.41, 5.74) is 1.49. The highest BCUT2D eigenvalue weighted by atomic mass is 16.5. The van der Waals surface area contributed by atoms with E-state index in [-0.39, 0.29) is 23.7 Å². The molecule has 3 unspecified atom stereocenters. The quantitative estimate of drug-likeness (QED) is 0.678. The van der Waals surface area contributed by atoms with E-state index in [9.17, 15) is 9.59 Å². The lowest BCUT2D eigenvalue weighted by Gasteiger charge is -2.35. The maximum absolute atomic E-state index is 13.6. The standard InChI is InChI=1S/C25H32N2O5/c1-2-31-18-9-7-17(8-10-18)22-21-23(28)19-5-3-4-6-20(19)32-24(21)25(29)27(22)12-11-26-13-15-30-16-14-26/h7-10,19-20,22H,2-6,11-16H2,1H3. The van der Waals surface area contributed by atoms with Crippen molar-refractivity contribution in [1.29, 1.82) is 0 Å². The summed E-state index contributed by atoms with van der Waals surface area (Å²) in [6.45, 7) is 7.01. The van der Waals surface area contributed by atoms with Gasteiger partial charge in [0.25, 0.3) is 5.91 Å². The van der Waals surface area contributed by atoms with Gasteiger partial charge in [-0.2, -0.15) is 0 Å². The van der Waals surface area contributed by atoms with Crippen LogP contribution in [0.2, 0.25) is 0 Å². The summed E-state index contributed by atoms with van der Waals surface area (Å²) in [4.78, 5) is 31.3. The van der Waals surface area contributed by atoms with Crippen LogP contribution in [-0.2, 0) is 19.1 Å². The minimum Gasteiger partial charge on any atom is -0.494 e. The van der Waals surface area contributed by atoms with Gasteiger partial charge in [-0.25, -0.2) is 0 Å². The van der Waals surface area contributed by atoms with E-state index in [4.69, 9.17) is 14.2 Å². The fourth-order valence-corrected chi connectivity index (χ4v) is 5.46. The molecule has 32 heavy (non-hydrogen) atoms. The summed E-state index contributed by atoms with van der Waals surface area (Å²) in [6, 6.07) is 7.38. The minimum absolute atomic E-state index is 0.108. The molecule has 3 heterocycles. The molecule has 0 N–H and O–H groups in total. The number of ketones is 1. The second kappa shape index (κ2) is 9.24. The third-order valence-electron chi connectivity index (χ3n) is 7.13. The zero-order valence-corrected chi connectivity index (χ0v) is 18.8. The molecule has 7 heteroatoms. The van der Waals surface area contributed by atoms with Crippen molar-refractivity contribution >= 4 is 11.7 Å². The Balaban J connectivity index is 1.45. The van der Waals surface area contributed by atoms with Crippen molar-refractivity contribution in [2.45, 2.75) is 44.8 Å². The lowest BCUT2D eigenvalue weighted by molar-refractivity contribution is -0.135. The van der Waals surface area contributed by atoms with Crippen LogP contribution >= 0.6 is 0 Å². The van der Waals surface area contributed by atoms with E-state index in [1.165, 1.54) is 0 Å². The topological polar surface area (TPSA) is 68.3 Å². The number of benzene rings is 1. The molecule has 1 saturated carbocycles. The van der Waals surface area contributed by atoms with E-state index in [2.05, 4.69) is 4.90 Å². The molecule has 7 nitrogen and oxygen atoms in total. The molecule has 0 bridgehead atoms. The molecule has 172 valence electrons. The molecule has 1 aromatic rings. The normalized spacial score (nSPS) is 28.4. The number of Topliss-reactive ketones (excluding diaryl/α,β-unsaturated/α-hetero) is 1. The molecule has 0 aromatic heterocycles. The highest BCUT2D eigenvalue weighted by Crippen LogP contribution is 2.46. The van der Waals surface area contributed by atoms with E-state index < -0.39 is 6.04 Å². The Labute approximate surface area is 189 Å². The largest absolute Gasteiger partial charge is 0.494 e. The number of carbonyl (C=O) groups is 2. The van der Waals surface area contributed by atoms with Gasteiger partial charge in [0.05, 0.1) is 37.4 Å². The van der Waals surface area contributed by atoms with Crippen LogP contribution in [-0.4, -0.2) is 73.6 Å². The van der Waals surface area contributed by atoms with Gasteiger partial charge in [0, 0.05) is 26.2 Å². The van der Waals surface area contributed by atoms with Gasteiger partial charge in [0.2, 0.25) is 0 Å². The molecule has 0 radical (unpaired) electrons. The summed E-state index contributed by atoms with van der Waals surface area (Å²) in [5.74, 6) is 0.911. The Hall–Kier alpha value is -2.38. The lowest BCUT2D eigenvalue weighted by atomic mass is 9.77. The first-order valence-electron chi connectivity index (χ1n) is 12.0. The molecule has 5 rings (SSSR count). The van der Waals surface area contributed by atoms with Crippen molar-refractivity contribution in [2.75, 3.05) is 46.0 Å². The van der Waals surface area contributed by atoms with Crippen molar-refractivity contribution < 1.29 is 23.8 Å². The number of hydrogen-bond donors (Lipinski definition) is 0. The van der Waals surface area contributed by atoms with Gasteiger partial charge in [0.15, 0.2) is 11.5 Å². The Morgan fingerprint density at radius 3 is 2.53 bits per heavy atom. The van der Waals surface area contributed by atoms with Crippen molar-refractivity contribution in [1.82, 2.24) is 9.80 Å². The highest BCUT2D eigenvalue weighted by Gasteiger charge is 2.51. The van der Waals surface area contributed by atoms with Crippen LogP contribution < -0.4 is 4.74 Å². The van der Waals surface area contributed by atoms with Gasteiger partial charge in [-0.1, -0.05) is 18.6 Å². The monoisotopic (exact) mass is 440 g/mol. The summed E-state index contributed by atoms with van der Waals surface area (Å²) in [6.07, 6.45) is 3.63. The molecule has 3 atom stereocenters. The number of nitrogens with zero attached hydrogens (tertiary/aromatic N) is 2. The van der Waals surface area contributed by atoms with Crippen molar-refractivity contribution in [3.63, 3.8) is 0 Å². The van der Waals surface area contributed by atoms with E-state index in [0.29, 0.717) is 24.5 Å². The Bertz CT molecular complexity index is 890. The van der Waals surface area contributed by atoms with E-state index in [1.807, 2.05) is 36.1 Å². The predicted molar refractivity (Wildman–Crippen MR) is 118 cm³/mol. The molecule has 1 aliphatic carbocycles. The third kappa shape index (κ3) is 3.92. The van der Waals surface area contributed by atoms with Crippen LogP contribution in [0.15, 0.2) is 35.6 Å². The highest BCUT2D eigenvalue weighted by molar-refractivity contribution is 6.11. The zero-order valence-electron chi connectivity index (χ0n) is 18.8. The molecular formula is C25H32N2O5. The second-order valence-electron chi connectivity index (χ2n) is 9.01. The second-order valence-corrected chi connectivity index (χ2v) is 9.01. The van der Waals surface area contributed by atoms with E-state index in [0.717, 1.165) is 69.8 Å². The Kier molecular flexibility index (Phi) is 6.20. The number of fused-ring (bicyclic) bond motifs is 1. The average Bonchev–Trinajstić information content (AvgIpc) is 3.11. The number of rotatable bonds is 6. The first kappa shape index (κ1) is 21.5. The summed E-state index contributed by atoms with van der Waals surface area (Å²) >= 11 is 0. The Morgan fingerprint density at radius 1 is 1.03 bits per heavy atom. The number of ether oxygens (including phenoxy) is 3. The van der Waals surface area contributed by atoms with Gasteiger partial charge in [-0.3, -0.25) is 14.5 Å². The van der Waals surface area contributed by atoms with Crippen LogP contribution in [0.25, 0.3) is 0 Å². The predicted octanol–water partition coefficient (Wildman–Crippen LogP) is 2.71. The van der Waals surface area contributed by atoms with E-state index >= 15 is 0 Å². The molecule has 3 aliphatic heterocycles. The first-order chi connectivity index (χ1) is 15.7. The average molecular weight is 441 g/mol. The molecule has 1 saturated heterocycles. The number of amides is 1. The van der Waals surface area contributed by atoms with Gasteiger partial charge < -0.3 is 19.1 Å². The van der Waals surface area contributed by atoms with Crippen LogP contribution in [0.4, 0.5) is 0 Å². The molecule has 1 amide bonds. The number of carbonyl (C=O) groups excluding carboxylic acids is 2. The summed E-state index contributed by atoms with van der Waals surface area (Å²) in [5, 5.41) is 0. The molecular weight excluding hydrogens is 408 g/mol. The van der Waals surface area contributed by atoms with Crippen LogP contribution in [0.1, 0.15) is 44.2 Å². The zero-order chi connectivity index (χ0) is 22.1. The van der Waals surface area contributed by atoms with Gasteiger partial charge in [-0.05, 0) is 43.9 Å². The van der Waals surface area contributed by atoms with Crippen LogP contribution in [0, 0.1) is 5.92 Å². The molecule has 1 aromatic carbocycles. The lowest BCUT2D eigenvalue weighted by Crippen LogP contribution is -2.43. The van der Waals surface area contributed by atoms with Gasteiger partial charge in [-0.15, -0.1) is 0 Å². The Morgan fingerprint density at radius 2 is 1.78 bits per heavy atom. The van der Waals surface area contributed by atoms with Crippen LogP contribution in [0.3, 0.4) is 0 Å². The van der Waals surface area contributed by atoms with Crippen LogP contribution in [0.5, 0.6) is 5.75 Å². The first-order valence-corrected chi connectivity index (χ1v) is 12.0. The molecule has 4 aliphatic rings. The summed E-state index contributed by atoms with van der Waals surface area (Å²) in [7, 11) is 0. The number of morpholine rings is 1. The minimum atomic E-state index is -0.399. The number of hydrogen-bond acceptors (Lipinski definition) is 6. The van der Waals surface area contributed by atoms with Gasteiger partial charge >= 0.3 is 0 Å². The maximum Gasteiger partial charge on any atom is 0.290 e. The molecule has 0 spiro atoms. The fraction of sp³-hybridized carbons (Fsp3) is 0.600. The van der Waals surface area contributed by atoms with Crippen molar-refractivity contribution in [3.05, 3.63) is 41.2 Å². The smallest absolute Gasteiger partial charge is 0.290 e. The van der Waals surface area contributed by atoms with E-state index in [1.54, 1.807) is 0 Å². The van der Waals surface area contributed by atoms with Crippen molar-refractivity contribution in [2.24, 2.45) is 5.92 Å². The van der Waals surface area contributed by atoms with Gasteiger partial charge in [0.1, 0.15) is 11.9 Å². The molecule has 2 fully saturated rings. The fourth-order valence-electron chi connectivity index (χ4n) is 5.46. The maximum atomic E-state index is 13.6. The van der Waals surface area contributed by atoms with Crippen molar-refractivity contribution in [3.8, 4) is 5.75 Å². The third-order valence-corrected chi connectivity index (χ3v) is 7.13.